The van der Waals surface area contributed by atoms with Gasteiger partial charge in [-0.1, -0.05) is 0 Å². The molecule has 0 bridgehead atoms. The van der Waals surface area contributed by atoms with Crippen LogP contribution in [0.4, 0.5) is 0 Å². The Hall–Kier alpha value is -2.15. The molecule has 136 valence electrons. The first-order chi connectivity index (χ1) is 11.8. The molecule has 1 amide bonds. The Morgan fingerprint density at radius 1 is 1.36 bits per heavy atom. The van der Waals surface area contributed by atoms with E-state index >= 15 is 0 Å². The molecule has 2 aromatic rings. The van der Waals surface area contributed by atoms with Gasteiger partial charge in [-0.3, -0.25) is 19.4 Å². The standard InChI is InChI=1S/C18H27N5O2/c1-10-14(12(3)20-17-16(10)18(25)21-22(17)4)9-15(24)23-7-5-13(6-8-23)11(2)19/h11,13H,5-9,19H2,1-4H3,(H,21,25). The molecule has 0 spiro atoms. The Kier molecular flexibility index (Phi) is 4.69. The number of aromatic amines is 1. The number of rotatable bonds is 3. The number of aromatic nitrogens is 3. The predicted octanol–water partition coefficient (Wildman–Crippen LogP) is 1.01. The van der Waals surface area contributed by atoms with Crippen LogP contribution >= 0.6 is 0 Å². The summed E-state index contributed by atoms with van der Waals surface area (Å²) in [5.74, 6) is 0.594. The van der Waals surface area contributed by atoms with E-state index in [0.29, 0.717) is 17.0 Å². The van der Waals surface area contributed by atoms with Crippen LogP contribution in [0.25, 0.3) is 11.0 Å². The fourth-order valence-electron chi connectivity index (χ4n) is 3.85. The van der Waals surface area contributed by atoms with Gasteiger partial charge in [-0.25, -0.2) is 4.98 Å². The molecule has 25 heavy (non-hydrogen) atoms. The average Bonchev–Trinajstić information content (AvgIpc) is 2.85. The van der Waals surface area contributed by atoms with Crippen molar-refractivity contribution >= 4 is 16.9 Å². The average molecular weight is 345 g/mol. The van der Waals surface area contributed by atoms with Gasteiger partial charge in [0, 0.05) is 31.9 Å². The number of hydrogen-bond donors (Lipinski definition) is 2. The molecule has 1 saturated heterocycles. The highest BCUT2D eigenvalue weighted by Gasteiger charge is 2.26. The quantitative estimate of drug-likeness (QED) is 0.867. The van der Waals surface area contributed by atoms with Gasteiger partial charge in [0.25, 0.3) is 5.56 Å². The Morgan fingerprint density at radius 3 is 2.60 bits per heavy atom. The van der Waals surface area contributed by atoms with Crippen molar-refractivity contribution in [3.63, 3.8) is 0 Å². The van der Waals surface area contributed by atoms with Gasteiger partial charge in [-0.05, 0) is 50.7 Å². The topological polar surface area (TPSA) is 97.0 Å². The van der Waals surface area contributed by atoms with Crippen molar-refractivity contribution in [3.8, 4) is 0 Å². The third kappa shape index (κ3) is 3.20. The van der Waals surface area contributed by atoms with E-state index in [1.165, 1.54) is 0 Å². The van der Waals surface area contributed by atoms with Crippen LogP contribution in [0.5, 0.6) is 0 Å². The number of nitrogens with zero attached hydrogens (tertiary/aromatic N) is 3. The lowest BCUT2D eigenvalue weighted by molar-refractivity contribution is -0.131. The first-order valence-electron chi connectivity index (χ1n) is 8.87. The molecule has 1 aliphatic heterocycles. The molecule has 1 atom stereocenters. The van der Waals surface area contributed by atoms with Crippen molar-refractivity contribution in [1.29, 1.82) is 0 Å². The minimum Gasteiger partial charge on any atom is -0.342 e. The van der Waals surface area contributed by atoms with Gasteiger partial charge in [0.05, 0.1) is 11.8 Å². The summed E-state index contributed by atoms with van der Waals surface area (Å²) < 4.78 is 1.63. The number of piperidine rings is 1. The molecule has 3 rings (SSSR count). The zero-order valence-corrected chi connectivity index (χ0v) is 15.4. The third-order valence-corrected chi connectivity index (χ3v) is 5.54. The molecule has 3 heterocycles. The Balaban J connectivity index is 1.82. The lowest BCUT2D eigenvalue weighted by atomic mass is 9.90. The number of carbonyl (C=O) groups excluding carboxylic acids is 1. The molecular formula is C18H27N5O2. The summed E-state index contributed by atoms with van der Waals surface area (Å²) in [5, 5.41) is 3.31. The van der Waals surface area contributed by atoms with Gasteiger partial charge in [0.1, 0.15) is 0 Å². The number of fused-ring (bicyclic) bond motifs is 1. The number of nitrogens with two attached hydrogens (primary N) is 1. The van der Waals surface area contributed by atoms with Crippen LogP contribution in [0.3, 0.4) is 0 Å². The minimum atomic E-state index is -0.158. The summed E-state index contributed by atoms with van der Waals surface area (Å²) in [6.07, 6.45) is 2.20. The molecule has 0 aromatic carbocycles. The predicted molar refractivity (Wildman–Crippen MR) is 97.5 cm³/mol. The first-order valence-corrected chi connectivity index (χ1v) is 8.87. The van der Waals surface area contributed by atoms with Gasteiger partial charge in [0.15, 0.2) is 5.65 Å². The number of nitrogens with one attached hydrogen (secondary N) is 1. The van der Waals surface area contributed by atoms with E-state index in [2.05, 4.69) is 10.1 Å². The second-order valence-electron chi connectivity index (χ2n) is 7.25. The van der Waals surface area contributed by atoms with Crippen LogP contribution in [0.2, 0.25) is 0 Å². The van der Waals surface area contributed by atoms with Crippen LogP contribution in [-0.2, 0) is 18.3 Å². The smallest absolute Gasteiger partial charge is 0.273 e. The molecule has 0 radical (unpaired) electrons. The molecular weight excluding hydrogens is 318 g/mol. The molecule has 3 N–H and O–H groups in total. The van der Waals surface area contributed by atoms with E-state index in [-0.39, 0.29) is 23.9 Å². The maximum Gasteiger partial charge on any atom is 0.273 e. The number of hydrogen-bond acceptors (Lipinski definition) is 4. The van der Waals surface area contributed by atoms with E-state index in [1.54, 1.807) is 11.7 Å². The number of carbonyl (C=O) groups is 1. The monoisotopic (exact) mass is 345 g/mol. The van der Waals surface area contributed by atoms with E-state index in [9.17, 15) is 9.59 Å². The largest absolute Gasteiger partial charge is 0.342 e. The van der Waals surface area contributed by atoms with Gasteiger partial charge >= 0.3 is 0 Å². The van der Waals surface area contributed by atoms with Gasteiger partial charge in [0.2, 0.25) is 5.91 Å². The second kappa shape index (κ2) is 6.63. The Labute approximate surface area is 147 Å². The molecule has 2 aromatic heterocycles. The lowest BCUT2D eigenvalue weighted by Crippen LogP contribution is -2.43. The number of pyridine rings is 1. The molecule has 0 saturated carbocycles. The normalized spacial score (nSPS) is 17.2. The van der Waals surface area contributed by atoms with Crippen molar-refractivity contribution < 1.29 is 4.79 Å². The second-order valence-corrected chi connectivity index (χ2v) is 7.25. The zero-order valence-electron chi connectivity index (χ0n) is 15.4. The number of aryl methyl sites for hydroxylation is 3. The first kappa shape index (κ1) is 17.7. The highest BCUT2D eigenvalue weighted by atomic mass is 16.2. The van der Waals surface area contributed by atoms with E-state index < -0.39 is 0 Å². The fourth-order valence-corrected chi connectivity index (χ4v) is 3.85. The lowest BCUT2D eigenvalue weighted by Gasteiger charge is -2.34. The van der Waals surface area contributed by atoms with Crippen molar-refractivity contribution in [2.75, 3.05) is 13.1 Å². The number of amides is 1. The summed E-state index contributed by atoms with van der Waals surface area (Å²) in [6, 6.07) is 0.179. The van der Waals surface area contributed by atoms with Crippen molar-refractivity contribution in [1.82, 2.24) is 19.7 Å². The van der Waals surface area contributed by atoms with Crippen LogP contribution in [0.1, 0.15) is 36.6 Å². The van der Waals surface area contributed by atoms with E-state index in [4.69, 9.17) is 5.73 Å². The molecule has 1 fully saturated rings. The highest BCUT2D eigenvalue weighted by molar-refractivity contribution is 5.84. The van der Waals surface area contributed by atoms with Crippen molar-refractivity contribution in [2.24, 2.45) is 18.7 Å². The summed E-state index contributed by atoms with van der Waals surface area (Å²) in [4.78, 5) is 31.3. The van der Waals surface area contributed by atoms with Crippen LogP contribution in [0.15, 0.2) is 4.79 Å². The van der Waals surface area contributed by atoms with Crippen molar-refractivity contribution in [3.05, 3.63) is 27.2 Å². The molecule has 7 nitrogen and oxygen atoms in total. The Morgan fingerprint density at radius 2 is 2.00 bits per heavy atom. The number of likely N-dealkylation sites (tertiary alicyclic amines) is 1. The highest BCUT2D eigenvalue weighted by Crippen LogP contribution is 2.23. The summed E-state index contributed by atoms with van der Waals surface area (Å²) in [6.45, 7) is 7.34. The molecule has 1 unspecified atom stereocenters. The maximum absolute atomic E-state index is 12.8. The zero-order chi connectivity index (χ0) is 18.3. The minimum absolute atomic E-state index is 0.0998. The van der Waals surface area contributed by atoms with Crippen LogP contribution < -0.4 is 11.3 Å². The summed E-state index contributed by atoms with van der Waals surface area (Å²) in [7, 11) is 1.77. The van der Waals surface area contributed by atoms with Crippen molar-refractivity contribution in [2.45, 2.75) is 46.1 Å². The van der Waals surface area contributed by atoms with Crippen LogP contribution in [0, 0.1) is 19.8 Å². The summed E-state index contributed by atoms with van der Waals surface area (Å²) >= 11 is 0. The van der Waals surface area contributed by atoms with Gasteiger partial charge < -0.3 is 10.6 Å². The van der Waals surface area contributed by atoms with E-state index in [1.807, 2.05) is 25.7 Å². The molecule has 1 aliphatic rings. The fraction of sp³-hybridized carbons (Fsp3) is 0.611. The SMILES string of the molecule is Cc1nc2c(c(C)c1CC(=O)N1CCC(C(C)N)CC1)c(=O)[nH]n2C. The van der Waals surface area contributed by atoms with E-state index in [0.717, 1.165) is 42.8 Å². The van der Waals surface area contributed by atoms with Gasteiger partial charge in [-0.15, -0.1) is 0 Å². The summed E-state index contributed by atoms with van der Waals surface area (Å²) in [5.41, 5.74) is 8.97. The maximum atomic E-state index is 12.8. The Bertz CT molecular complexity index is 856. The number of H-pyrrole nitrogens is 1. The molecule has 0 aliphatic carbocycles. The van der Waals surface area contributed by atoms with Gasteiger partial charge in [-0.2, -0.15) is 0 Å². The van der Waals surface area contributed by atoms with Crippen LogP contribution in [-0.4, -0.2) is 44.7 Å². The third-order valence-electron chi connectivity index (χ3n) is 5.54. The molecule has 7 heteroatoms.